The molecule has 1 unspecified atom stereocenters. The molecule has 0 bridgehead atoms. The van der Waals surface area contributed by atoms with Gasteiger partial charge >= 0.3 is 0 Å². The molecule has 5 heteroatoms. The number of aryl methyl sites for hydroxylation is 2. The SMILES string of the molecule is CCNC(c1nc2c(s1)CCCC2)c1cncn1C1CC1. The van der Waals surface area contributed by atoms with Crippen LogP contribution in [0.3, 0.4) is 0 Å². The van der Waals surface area contributed by atoms with Crippen molar-refractivity contribution in [3.63, 3.8) is 0 Å². The van der Waals surface area contributed by atoms with Gasteiger partial charge in [-0.15, -0.1) is 11.3 Å². The zero-order valence-corrected chi connectivity index (χ0v) is 13.3. The number of thiazole rings is 1. The molecule has 4 nitrogen and oxygen atoms in total. The minimum atomic E-state index is 0.202. The van der Waals surface area contributed by atoms with Crippen molar-refractivity contribution < 1.29 is 0 Å². The second kappa shape index (κ2) is 5.54. The fraction of sp³-hybridized carbons (Fsp3) is 0.625. The molecule has 112 valence electrons. The smallest absolute Gasteiger partial charge is 0.116 e. The molecule has 2 aliphatic carbocycles. The van der Waals surface area contributed by atoms with E-state index in [0.717, 1.165) is 13.0 Å². The van der Waals surface area contributed by atoms with Crippen molar-refractivity contribution >= 4 is 11.3 Å². The topological polar surface area (TPSA) is 42.7 Å². The first-order chi connectivity index (χ1) is 10.4. The van der Waals surface area contributed by atoms with E-state index >= 15 is 0 Å². The van der Waals surface area contributed by atoms with Crippen LogP contribution in [0.25, 0.3) is 0 Å². The van der Waals surface area contributed by atoms with Gasteiger partial charge in [-0.25, -0.2) is 9.97 Å². The number of imidazole rings is 1. The minimum Gasteiger partial charge on any atom is -0.330 e. The third kappa shape index (κ3) is 2.53. The van der Waals surface area contributed by atoms with Crippen LogP contribution in [0.15, 0.2) is 12.5 Å². The van der Waals surface area contributed by atoms with Gasteiger partial charge in [0.1, 0.15) is 11.0 Å². The minimum absolute atomic E-state index is 0.202. The number of fused-ring (bicyclic) bond motifs is 1. The van der Waals surface area contributed by atoms with Crippen LogP contribution < -0.4 is 5.32 Å². The van der Waals surface area contributed by atoms with E-state index in [1.165, 1.54) is 53.4 Å². The first-order valence-corrected chi connectivity index (χ1v) is 8.92. The fourth-order valence-corrected chi connectivity index (χ4v) is 4.46. The molecular formula is C16H22N4S. The van der Waals surface area contributed by atoms with Gasteiger partial charge in [0.15, 0.2) is 0 Å². The van der Waals surface area contributed by atoms with E-state index in [2.05, 4.69) is 21.8 Å². The highest BCUT2D eigenvalue weighted by Crippen LogP contribution is 2.39. The molecule has 0 radical (unpaired) electrons. The molecule has 2 aliphatic rings. The summed E-state index contributed by atoms with van der Waals surface area (Å²) in [5, 5.41) is 4.85. The highest BCUT2D eigenvalue weighted by molar-refractivity contribution is 7.11. The maximum atomic E-state index is 4.96. The Morgan fingerprint density at radius 3 is 3.00 bits per heavy atom. The van der Waals surface area contributed by atoms with Crippen molar-refractivity contribution in [2.45, 2.75) is 57.5 Å². The van der Waals surface area contributed by atoms with Crippen molar-refractivity contribution in [1.82, 2.24) is 19.9 Å². The summed E-state index contributed by atoms with van der Waals surface area (Å²) in [6.45, 7) is 3.11. The molecule has 0 saturated heterocycles. The van der Waals surface area contributed by atoms with E-state index in [1.807, 2.05) is 23.9 Å². The fourth-order valence-electron chi connectivity index (χ4n) is 3.21. The molecule has 0 aliphatic heterocycles. The van der Waals surface area contributed by atoms with E-state index < -0.39 is 0 Å². The monoisotopic (exact) mass is 302 g/mol. The van der Waals surface area contributed by atoms with Crippen molar-refractivity contribution in [3.05, 3.63) is 33.8 Å². The quantitative estimate of drug-likeness (QED) is 0.922. The first-order valence-electron chi connectivity index (χ1n) is 8.10. The zero-order chi connectivity index (χ0) is 14.2. The van der Waals surface area contributed by atoms with E-state index in [-0.39, 0.29) is 6.04 Å². The molecule has 1 fully saturated rings. The van der Waals surface area contributed by atoms with E-state index in [1.54, 1.807) is 0 Å². The van der Waals surface area contributed by atoms with E-state index in [4.69, 9.17) is 4.98 Å². The average molecular weight is 302 g/mol. The van der Waals surface area contributed by atoms with Crippen molar-refractivity contribution in [2.24, 2.45) is 0 Å². The van der Waals surface area contributed by atoms with E-state index in [0.29, 0.717) is 6.04 Å². The van der Waals surface area contributed by atoms with Gasteiger partial charge in [0.2, 0.25) is 0 Å². The molecular weight excluding hydrogens is 280 g/mol. The van der Waals surface area contributed by atoms with Crippen LogP contribution >= 0.6 is 11.3 Å². The summed E-state index contributed by atoms with van der Waals surface area (Å²) in [5.41, 5.74) is 2.63. The van der Waals surface area contributed by atoms with Crippen LogP contribution in [-0.2, 0) is 12.8 Å². The molecule has 21 heavy (non-hydrogen) atoms. The van der Waals surface area contributed by atoms with E-state index in [9.17, 15) is 0 Å². The molecule has 0 aromatic carbocycles. The van der Waals surface area contributed by atoms with Gasteiger partial charge in [0.05, 0.1) is 23.9 Å². The van der Waals surface area contributed by atoms with Crippen LogP contribution in [0, 0.1) is 0 Å². The number of aromatic nitrogens is 3. The third-order valence-corrected chi connectivity index (χ3v) is 5.67. The van der Waals surface area contributed by atoms with Crippen LogP contribution in [0.4, 0.5) is 0 Å². The molecule has 0 amide bonds. The molecule has 2 aromatic heterocycles. The number of hydrogen-bond donors (Lipinski definition) is 1. The summed E-state index contributed by atoms with van der Waals surface area (Å²) in [6, 6.07) is 0.868. The van der Waals surface area contributed by atoms with Crippen LogP contribution in [0.2, 0.25) is 0 Å². The highest BCUT2D eigenvalue weighted by atomic mass is 32.1. The lowest BCUT2D eigenvalue weighted by Crippen LogP contribution is -2.24. The zero-order valence-electron chi connectivity index (χ0n) is 12.5. The Balaban J connectivity index is 1.70. The lowest BCUT2D eigenvalue weighted by Gasteiger charge is -2.17. The summed E-state index contributed by atoms with van der Waals surface area (Å²) in [4.78, 5) is 10.9. The molecule has 0 spiro atoms. The molecule has 2 aromatic rings. The second-order valence-corrected chi connectivity index (χ2v) is 7.19. The Labute approximate surface area is 129 Å². The predicted octanol–water partition coefficient (Wildman–Crippen LogP) is 3.25. The summed E-state index contributed by atoms with van der Waals surface area (Å²) >= 11 is 1.91. The summed E-state index contributed by atoms with van der Waals surface area (Å²) in [7, 11) is 0. The van der Waals surface area contributed by atoms with Crippen LogP contribution in [0.1, 0.15) is 66.0 Å². The summed E-state index contributed by atoms with van der Waals surface area (Å²) in [5.74, 6) is 0. The molecule has 1 atom stereocenters. The number of hydrogen-bond acceptors (Lipinski definition) is 4. The van der Waals surface area contributed by atoms with Gasteiger partial charge in [-0.2, -0.15) is 0 Å². The first kappa shape index (κ1) is 13.5. The maximum Gasteiger partial charge on any atom is 0.116 e. The Bertz CT molecular complexity index is 603. The number of nitrogens with zero attached hydrogens (tertiary/aromatic N) is 3. The van der Waals surface area contributed by atoms with Gasteiger partial charge in [0, 0.05) is 10.9 Å². The van der Waals surface area contributed by atoms with Crippen molar-refractivity contribution in [1.29, 1.82) is 0 Å². The van der Waals surface area contributed by atoms with Gasteiger partial charge in [0.25, 0.3) is 0 Å². The Morgan fingerprint density at radius 1 is 1.38 bits per heavy atom. The second-order valence-electron chi connectivity index (χ2n) is 6.08. The summed E-state index contributed by atoms with van der Waals surface area (Å²) < 4.78 is 2.35. The van der Waals surface area contributed by atoms with Crippen LogP contribution in [0.5, 0.6) is 0 Å². The Kier molecular flexibility index (Phi) is 3.55. The maximum absolute atomic E-state index is 4.96. The van der Waals surface area contributed by atoms with Gasteiger partial charge in [-0.05, 0) is 45.1 Å². The highest BCUT2D eigenvalue weighted by Gasteiger charge is 2.30. The van der Waals surface area contributed by atoms with Gasteiger partial charge in [-0.1, -0.05) is 6.92 Å². The van der Waals surface area contributed by atoms with Crippen molar-refractivity contribution in [3.8, 4) is 0 Å². The number of rotatable bonds is 5. The lowest BCUT2D eigenvalue weighted by atomic mass is 10.0. The number of nitrogens with one attached hydrogen (secondary N) is 1. The normalized spacial score (nSPS) is 19.5. The Hall–Kier alpha value is -1.20. The predicted molar refractivity (Wildman–Crippen MR) is 84.8 cm³/mol. The third-order valence-electron chi connectivity index (χ3n) is 4.45. The molecule has 2 heterocycles. The standard InChI is InChI=1S/C16H22N4S/c1-2-18-15(13-9-17-10-20(13)11-7-8-11)16-19-12-5-3-4-6-14(12)21-16/h9-11,15,18H,2-8H2,1H3. The molecule has 1 saturated carbocycles. The average Bonchev–Trinajstić information content (AvgIpc) is 3.09. The van der Waals surface area contributed by atoms with Gasteiger partial charge in [-0.3, -0.25) is 0 Å². The summed E-state index contributed by atoms with van der Waals surface area (Å²) in [6.07, 6.45) is 11.6. The van der Waals surface area contributed by atoms with Crippen LogP contribution in [-0.4, -0.2) is 21.1 Å². The lowest BCUT2D eigenvalue weighted by molar-refractivity contribution is 0.565. The largest absolute Gasteiger partial charge is 0.330 e. The van der Waals surface area contributed by atoms with Crippen molar-refractivity contribution in [2.75, 3.05) is 6.54 Å². The Morgan fingerprint density at radius 2 is 2.24 bits per heavy atom. The molecule has 4 rings (SSSR count). The molecule has 1 N–H and O–H groups in total. The van der Waals surface area contributed by atoms with Gasteiger partial charge < -0.3 is 9.88 Å².